The number of rotatable bonds is 6. The fourth-order valence-corrected chi connectivity index (χ4v) is 3.39. The van der Waals surface area contributed by atoms with Crippen molar-refractivity contribution in [3.63, 3.8) is 0 Å². The zero-order chi connectivity index (χ0) is 21.6. The summed E-state index contributed by atoms with van der Waals surface area (Å²) >= 11 is 0. The average Bonchev–Trinajstić information content (AvgIpc) is 2.70. The van der Waals surface area contributed by atoms with Crippen molar-refractivity contribution in [3.8, 4) is 5.75 Å². The number of sulfonamides is 1. The van der Waals surface area contributed by atoms with E-state index < -0.39 is 21.8 Å². The lowest BCUT2D eigenvalue weighted by atomic mass is 10.1. The molecule has 0 unspecified atom stereocenters. The van der Waals surface area contributed by atoms with Crippen molar-refractivity contribution in [3.05, 3.63) is 65.2 Å². The molecule has 0 bridgehead atoms. The Balaban J connectivity index is 2.08. The molecular formula is C20H23N3O5S. The average molecular weight is 417 g/mol. The van der Waals surface area contributed by atoms with Crippen molar-refractivity contribution < 1.29 is 22.7 Å². The quantitative estimate of drug-likeness (QED) is 0.550. The summed E-state index contributed by atoms with van der Waals surface area (Å²) in [7, 11) is 0.496. The monoisotopic (exact) mass is 417 g/mol. The Morgan fingerprint density at radius 1 is 1.03 bits per heavy atom. The largest absolute Gasteiger partial charge is 0.495 e. The maximum atomic E-state index is 12.4. The summed E-state index contributed by atoms with van der Waals surface area (Å²) < 4.78 is 31.1. The minimum absolute atomic E-state index is 0.0137. The van der Waals surface area contributed by atoms with Gasteiger partial charge in [0, 0.05) is 25.7 Å². The fourth-order valence-electron chi connectivity index (χ4n) is 2.30. The first-order valence-corrected chi connectivity index (χ1v) is 10.0. The predicted molar refractivity (Wildman–Crippen MR) is 110 cm³/mol. The first-order valence-electron chi connectivity index (χ1n) is 8.61. The van der Waals surface area contributed by atoms with E-state index in [4.69, 9.17) is 4.74 Å². The molecule has 0 aliphatic carbocycles. The maximum Gasteiger partial charge on any atom is 0.269 e. The summed E-state index contributed by atoms with van der Waals surface area (Å²) in [5, 5.41) is 0. The number of benzene rings is 2. The van der Waals surface area contributed by atoms with Crippen LogP contribution in [0.4, 0.5) is 0 Å². The van der Waals surface area contributed by atoms with Gasteiger partial charge in [-0.3, -0.25) is 20.4 Å². The second-order valence-electron chi connectivity index (χ2n) is 6.34. The van der Waals surface area contributed by atoms with Crippen LogP contribution in [0.5, 0.6) is 5.75 Å². The van der Waals surface area contributed by atoms with Crippen LogP contribution in [0.15, 0.2) is 53.4 Å². The number of amides is 2. The Morgan fingerprint density at radius 2 is 1.69 bits per heavy atom. The van der Waals surface area contributed by atoms with Crippen LogP contribution in [-0.2, 0) is 14.8 Å². The number of aryl methyl sites for hydroxylation is 1. The first-order chi connectivity index (χ1) is 13.6. The maximum absolute atomic E-state index is 12.4. The number of ether oxygens (including phenoxy) is 1. The van der Waals surface area contributed by atoms with Crippen LogP contribution in [0.3, 0.4) is 0 Å². The molecule has 0 radical (unpaired) electrons. The van der Waals surface area contributed by atoms with E-state index in [1.165, 1.54) is 45.5 Å². The van der Waals surface area contributed by atoms with Gasteiger partial charge in [-0.25, -0.2) is 12.7 Å². The van der Waals surface area contributed by atoms with Crippen LogP contribution >= 0.6 is 0 Å². The van der Waals surface area contributed by atoms with Gasteiger partial charge in [0.15, 0.2) is 0 Å². The molecule has 0 saturated heterocycles. The van der Waals surface area contributed by atoms with Gasteiger partial charge >= 0.3 is 0 Å². The highest BCUT2D eigenvalue weighted by molar-refractivity contribution is 7.89. The molecule has 2 N–H and O–H groups in total. The molecule has 2 amide bonds. The summed E-state index contributed by atoms with van der Waals surface area (Å²) in [6.45, 7) is 1.91. The van der Waals surface area contributed by atoms with Gasteiger partial charge in [0.25, 0.3) is 11.8 Å². The lowest BCUT2D eigenvalue weighted by molar-refractivity contribution is -0.117. The van der Waals surface area contributed by atoms with E-state index in [0.29, 0.717) is 11.1 Å². The van der Waals surface area contributed by atoms with Gasteiger partial charge in [0.2, 0.25) is 10.0 Å². The molecule has 0 heterocycles. The number of hydrogen-bond donors (Lipinski definition) is 2. The number of carbonyl (C=O) groups is 2. The van der Waals surface area contributed by atoms with Crippen LogP contribution < -0.4 is 15.6 Å². The van der Waals surface area contributed by atoms with E-state index in [9.17, 15) is 18.0 Å². The van der Waals surface area contributed by atoms with Crippen molar-refractivity contribution in [1.82, 2.24) is 15.2 Å². The van der Waals surface area contributed by atoms with Gasteiger partial charge in [-0.15, -0.1) is 0 Å². The molecule has 0 saturated carbocycles. The molecule has 0 atom stereocenters. The minimum Gasteiger partial charge on any atom is -0.495 e. The number of methoxy groups -OCH3 is 1. The van der Waals surface area contributed by atoms with Gasteiger partial charge in [-0.2, -0.15) is 0 Å². The summed E-state index contributed by atoms with van der Waals surface area (Å²) in [5.41, 5.74) is 6.49. The minimum atomic E-state index is -3.72. The molecule has 154 valence electrons. The number of carbonyl (C=O) groups excluding carboxylic acids is 2. The second-order valence-corrected chi connectivity index (χ2v) is 8.46. The van der Waals surface area contributed by atoms with Gasteiger partial charge in [-0.1, -0.05) is 23.8 Å². The molecule has 0 spiro atoms. The van der Waals surface area contributed by atoms with Crippen LogP contribution in [0.25, 0.3) is 6.08 Å². The Kier molecular flexibility index (Phi) is 7.13. The fraction of sp³-hybridized carbons (Fsp3) is 0.200. The highest BCUT2D eigenvalue weighted by Crippen LogP contribution is 2.27. The van der Waals surface area contributed by atoms with Gasteiger partial charge in [0.05, 0.1) is 7.11 Å². The third kappa shape index (κ3) is 5.66. The Labute approximate surface area is 170 Å². The zero-order valence-electron chi connectivity index (χ0n) is 16.6. The standard InChI is InChI=1S/C20H23N3O5S/c1-14-5-9-16(10-6-14)20(25)22-21-19(24)12-8-15-7-11-17(28-4)18(13-15)29(26,27)23(2)3/h5-13H,1-4H3,(H,21,24)(H,22,25)/b12-8+. The van der Waals surface area contributed by atoms with Crippen molar-refractivity contribution in [2.75, 3.05) is 21.2 Å². The Hall–Kier alpha value is -3.17. The van der Waals surface area contributed by atoms with Crippen molar-refractivity contribution in [2.45, 2.75) is 11.8 Å². The molecular weight excluding hydrogens is 394 g/mol. The van der Waals surface area contributed by atoms with Crippen LogP contribution in [0, 0.1) is 6.92 Å². The first kappa shape index (κ1) is 22.1. The highest BCUT2D eigenvalue weighted by atomic mass is 32.2. The molecule has 0 aliphatic rings. The van der Waals surface area contributed by atoms with E-state index in [1.807, 2.05) is 6.92 Å². The summed E-state index contributed by atoms with van der Waals surface area (Å²) in [6, 6.07) is 11.4. The van der Waals surface area contributed by atoms with Crippen molar-refractivity contribution >= 4 is 27.9 Å². The van der Waals surface area contributed by atoms with E-state index >= 15 is 0 Å². The van der Waals surface area contributed by atoms with Crippen molar-refractivity contribution in [1.29, 1.82) is 0 Å². The lowest BCUT2D eigenvalue weighted by Crippen LogP contribution is -2.40. The third-order valence-corrected chi connectivity index (χ3v) is 5.82. The summed E-state index contributed by atoms with van der Waals surface area (Å²) in [6.07, 6.45) is 2.62. The molecule has 2 aromatic carbocycles. The van der Waals surface area contributed by atoms with E-state index in [1.54, 1.807) is 30.3 Å². The number of hydrogen-bond acceptors (Lipinski definition) is 5. The number of nitrogens with one attached hydrogen (secondary N) is 2. The van der Waals surface area contributed by atoms with Crippen LogP contribution in [0.2, 0.25) is 0 Å². The van der Waals surface area contributed by atoms with Crippen LogP contribution in [0.1, 0.15) is 21.5 Å². The number of nitrogens with zero attached hydrogens (tertiary/aromatic N) is 1. The van der Waals surface area contributed by atoms with Crippen molar-refractivity contribution in [2.24, 2.45) is 0 Å². The SMILES string of the molecule is COc1ccc(/C=C/C(=O)NNC(=O)c2ccc(C)cc2)cc1S(=O)(=O)N(C)C. The molecule has 29 heavy (non-hydrogen) atoms. The smallest absolute Gasteiger partial charge is 0.269 e. The lowest BCUT2D eigenvalue weighted by Gasteiger charge is -2.15. The van der Waals surface area contributed by atoms with E-state index in [0.717, 1.165) is 9.87 Å². The predicted octanol–water partition coefficient (Wildman–Crippen LogP) is 1.73. The summed E-state index contributed by atoms with van der Waals surface area (Å²) in [5.74, 6) is -0.820. The summed E-state index contributed by atoms with van der Waals surface area (Å²) in [4.78, 5) is 23.9. The van der Waals surface area contributed by atoms with Gasteiger partial charge in [-0.05, 0) is 42.8 Å². The Bertz CT molecular complexity index is 1030. The molecule has 0 fully saturated rings. The molecule has 9 heteroatoms. The number of hydrazine groups is 1. The molecule has 8 nitrogen and oxygen atoms in total. The normalized spacial score (nSPS) is 11.5. The molecule has 2 aromatic rings. The van der Waals surface area contributed by atoms with Gasteiger partial charge < -0.3 is 4.74 Å². The van der Waals surface area contributed by atoms with Crippen LogP contribution in [-0.4, -0.2) is 45.7 Å². The third-order valence-electron chi connectivity index (χ3n) is 3.99. The second kappa shape index (κ2) is 9.35. The Morgan fingerprint density at radius 3 is 2.28 bits per heavy atom. The molecule has 0 aliphatic heterocycles. The van der Waals surface area contributed by atoms with Gasteiger partial charge in [0.1, 0.15) is 10.6 Å². The molecule has 2 rings (SSSR count). The topological polar surface area (TPSA) is 105 Å². The zero-order valence-corrected chi connectivity index (χ0v) is 17.4. The molecule has 0 aromatic heterocycles. The van der Waals surface area contributed by atoms with E-state index in [-0.39, 0.29) is 10.6 Å². The highest BCUT2D eigenvalue weighted by Gasteiger charge is 2.22. The van der Waals surface area contributed by atoms with E-state index in [2.05, 4.69) is 10.9 Å².